The van der Waals surface area contributed by atoms with Gasteiger partial charge in [-0.1, -0.05) is 38.1 Å². The number of hydrogen-bond acceptors (Lipinski definition) is 3. The highest BCUT2D eigenvalue weighted by Gasteiger charge is 2.45. The summed E-state index contributed by atoms with van der Waals surface area (Å²) in [5, 5.41) is 12.3. The molecule has 1 heterocycles. The van der Waals surface area contributed by atoms with Gasteiger partial charge in [-0.25, -0.2) is 0 Å². The number of carbonyl (C=O) groups excluding carboxylic acids is 2. The summed E-state index contributed by atoms with van der Waals surface area (Å²) >= 11 is 0. The fourth-order valence-corrected chi connectivity index (χ4v) is 6.90. The number of amidine groups is 1. The minimum absolute atomic E-state index is 0.0150. The SMILES string of the molecule is CC1CC2CC(C)CC(NC(=O)c3cc4ccc(C(=N)N)cc4n3Cc3ccc(C(N)=O)cc3)(C1)C2. The van der Waals surface area contributed by atoms with E-state index in [0.717, 1.165) is 35.7 Å². The van der Waals surface area contributed by atoms with Crippen molar-refractivity contribution in [3.8, 4) is 0 Å². The van der Waals surface area contributed by atoms with Crippen molar-refractivity contribution in [1.29, 1.82) is 5.41 Å². The number of hydrogen-bond donors (Lipinski definition) is 4. The molecule has 188 valence electrons. The number of primary amides is 1. The number of rotatable bonds is 6. The predicted octanol–water partition coefficient (Wildman–Crippen LogP) is 4.41. The summed E-state index contributed by atoms with van der Waals surface area (Å²) < 4.78 is 1.99. The van der Waals surface area contributed by atoms with Crippen molar-refractivity contribution in [2.75, 3.05) is 0 Å². The number of nitrogens with two attached hydrogens (primary N) is 2. The maximum absolute atomic E-state index is 13.9. The van der Waals surface area contributed by atoms with Gasteiger partial charge < -0.3 is 21.4 Å². The maximum Gasteiger partial charge on any atom is 0.268 e. The molecule has 2 aromatic carbocycles. The first-order chi connectivity index (χ1) is 17.1. The Labute approximate surface area is 211 Å². The molecule has 6 N–H and O–H groups in total. The fraction of sp³-hybridized carbons (Fsp3) is 0.414. The van der Waals surface area contributed by atoms with E-state index >= 15 is 0 Å². The molecule has 0 radical (unpaired) electrons. The smallest absolute Gasteiger partial charge is 0.268 e. The summed E-state index contributed by atoms with van der Waals surface area (Å²) in [4.78, 5) is 25.4. The molecule has 2 atom stereocenters. The van der Waals surface area contributed by atoms with Gasteiger partial charge in [-0.2, -0.15) is 0 Å². The first-order valence-corrected chi connectivity index (χ1v) is 12.8. The molecule has 5 rings (SSSR count). The Kier molecular flexibility index (Phi) is 6.10. The predicted molar refractivity (Wildman–Crippen MR) is 142 cm³/mol. The summed E-state index contributed by atoms with van der Waals surface area (Å²) in [6, 6.07) is 14.6. The molecule has 1 aromatic heterocycles. The number of benzene rings is 2. The van der Waals surface area contributed by atoms with Crippen molar-refractivity contribution in [2.45, 2.75) is 58.0 Å². The molecule has 2 aliphatic rings. The number of carbonyl (C=O) groups is 2. The second-order valence-corrected chi connectivity index (χ2v) is 11.3. The van der Waals surface area contributed by atoms with Crippen LogP contribution in [0.4, 0.5) is 0 Å². The zero-order valence-electron chi connectivity index (χ0n) is 21.0. The lowest BCUT2D eigenvalue weighted by Gasteiger charge is -2.50. The third kappa shape index (κ3) is 4.62. The minimum atomic E-state index is -0.472. The zero-order valence-corrected chi connectivity index (χ0v) is 21.0. The van der Waals surface area contributed by atoms with E-state index in [-0.39, 0.29) is 17.3 Å². The van der Waals surface area contributed by atoms with E-state index in [1.54, 1.807) is 12.1 Å². The second kappa shape index (κ2) is 9.12. The number of aromatic nitrogens is 1. The molecule has 36 heavy (non-hydrogen) atoms. The molecule has 0 spiro atoms. The van der Waals surface area contributed by atoms with Crippen molar-refractivity contribution < 1.29 is 9.59 Å². The van der Waals surface area contributed by atoms with Gasteiger partial charge >= 0.3 is 0 Å². The number of nitrogens with one attached hydrogen (secondary N) is 2. The van der Waals surface area contributed by atoms with Crippen LogP contribution in [-0.4, -0.2) is 27.8 Å². The quantitative estimate of drug-likeness (QED) is 0.305. The van der Waals surface area contributed by atoms with Crippen molar-refractivity contribution >= 4 is 28.6 Å². The molecule has 3 aromatic rings. The third-order valence-corrected chi connectivity index (χ3v) is 8.03. The van der Waals surface area contributed by atoms with Crippen molar-refractivity contribution in [3.63, 3.8) is 0 Å². The Morgan fingerprint density at radius 1 is 0.972 bits per heavy atom. The van der Waals surface area contributed by atoms with Gasteiger partial charge in [-0.05, 0) is 79.7 Å². The highest BCUT2D eigenvalue weighted by atomic mass is 16.2. The van der Waals surface area contributed by atoms with E-state index < -0.39 is 5.91 Å². The number of amides is 2. The summed E-state index contributed by atoms with van der Waals surface area (Å²) in [7, 11) is 0. The minimum Gasteiger partial charge on any atom is -0.384 e. The summed E-state index contributed by atoms with van der Waals surface area (Å²) in [5.41, 5.74) is 14.4. The van der Waals surface area contributed by atoms with Gasteiger partial charge in [0.25, 0.3) is 5.91 Å². The van der Waals surface area contributed by atoms with Crippen LogP contribution >= 0.6 is 0 Å². The standard InChI is InChI=1S/C29H35N5O2/c1-17-9-20-10-18(2)14-29(13-17,15-20)33-28(36)25-11-22-7-8-23(26(30)31)12-24(22)34(25)16-19-3-5-21(6-4-19)27(32)35/h3-8,11-12,17-18,20H,9-10,13-16H2,1-2H3,(H3,30,31)(H2,32,35)(H,33,36). The lowest BCUT2D eigenvalue weighted by Crippen LogP contribution is -2.56. The van der Waals surface area contributed by atoms with Crippen LogP contribution in [0.5, 0.6) is 0 Å². The molecule has 7 nitrogen and oxygen atoms in total. The largest absolute Gasteiger partial charge is 0.384 e. The topological polar surface area (TPSA) is 127 Å². The molecule has 2 bridgehead atoms. The van der Waals surface area contributed by atoms with Gasteiger partial charge in [0.05, 0.1) is 0 Å². The van der Waals surface area contributed by atoms with Gasteiger partial charge in [0.1, 0.15) is 11.5 Å². The second-order valence-electron chi connectivity index (χ2n) is 11.3. The van der Waals surface area contributed by atoms with E-state index in [1.807, 2.05) is 41.0 Å². The molecule has 0 saturated heterocycles. The normalized spacial score (nSPS) is 25.4. The van der Waals surface area contributed by atoms with Gasteiger partial charge in [-0.3, -0.25) is 15.0 Å². The van der Waals surface area contributed by atoms with Crippen LogP contribution < -0.4 is 16.8 Å². The number of nitrogen functional groups attached to an aromatic ring is 1. The van der Waals surface area contributed by atoms with Crippen molar-refractivity contribution in [3.05, 3.63) is 70.9 Å². The average molecular weight is 486 g/mol. The van der Waals surface area contributed by atoms with Gasteiger partial charge in [0.2, 0.25) is 5.91 Å². The van der Waals surface area contributed by atoms with Crippen LogP contribution in [0.3, 0.4) is 0 Å². The van der Waals surface area contributed by atoms with Crippen LogP contribution in [0.1, 0.15) is 77.9 Å². The summed E-state index contributed by atoms with van der Waals surface area (Å²) in [6.45, 7) is 5.05. The van der Waals surface area contributed by atoms with E-state index in [4.69, 9.17) is 16.9 Å². The monoisotopic (exact) mass is 485 g/mol. The Balaban J connectivity index is 1.53. The maximum atomic E-state index is 13.9. The Hall–Kier alpha value is -3.61. The lowest BCUT2D eigenvalue weighted by atomic mass is 9.61. The number of fused-ring (bicyclic) bond motifs is 3. The molecule has 7 heteroatoms. The van der Waals surface area contributed by atoms with E-state index in [0.29, 0.717) is 41.1 Å². The van der Waals surface area contributed by atoms with Crippen LogP contribution in [0.15, 0.2) is 48.5 Å². The molecule has 2 saturated carbocycles. The first kappa shape index (κ1) is 24.1. The highest BCUT2D eigenvalue weighted by molar-refractivity contribution is 6.02. The molecule has 2 aliphatic carbocycles. The highest BCUT2D eigenvalue weighted by Crippen LogP contribution is 2.47. The lowest BCUT2D eigenvalue weighted by molar-refractivity contribution is 0.0472. The molecule has 2 unspecified atom stereocenters. The molecule has 2 amide bonds. The Morgan fingerprint density at radius 3 is 2.22 bits per heavy atom. The summed E-state index contributed by atoms with van der Waals surface area (Å²) in [6.07, 6.45) is 5.58. The molecule has 0 aliphatic heterocycles. The van der Waals surface area contributed by atoms with E-state index in [9.17, 15) is 9.59 Å². The van der Waals surface area contributed by atoms with Crippen LogP contribution in [0.25, 0.3) is 10.9 Å². The van der Waals surface area contributed by atoms with Gasteiger partial charge in [-0.15, -0.1) is 0 Å². The average Bonchev–Trinajstić information content (AvgIpc) is 3.16. The first-order valence-electron chi connectivity index (χ1n) is 12.8. The van der Waals surface area contributed by atoms with Crippen LogP contribution in [0.2, 0.25) is 0 Å². The zero-order chi connectivity index (χ0) is 25.6. The third-order valence-electron chi connectivity index (χ3n) is 8.03. The number of nitrogens with zero attached hydrogens (tertiary/aromatic N) is 1. The van der Waals surface area contributed by atoms with E-state index in [1.165, 1.54) is 12.8 Å². The summed E-state index contributed by atoms with van der Waals surface area (Å²) in [5.74, 6) is 1.32. The van der Waals surface area contributed by atoms with Crippen molar-refractivity contribution in [2.24, 2.45) is 29.2 Å². The van der Waals surface area contributed by atoms with E-state index in [2.05, 4.69) is 19.2 Å². The Bertz CT molecular complexity index is 1320. The van der Waals surface area contributed by atoms with Gasteiger partial charge in [0, 0.05) is 34.1 Å². The van der Waals surface area contributed by atoms with Crippen LogP contribution in [0, 0.1) is 23.2 Å². The Morgan fingerprint density at radius 2 is 1.61 bits per heavy atom. The van der Waals surface area contributed by atoms with Crippen LogP contribution in [-0.2, 0) is 6.54 Å². The van der Waals surface area contributed by atoms with Gasteiger partial charge in [0.15, 0.2) is 0 Å². The molecule has 2 fully saturated rings. The fourth-order valence-electron chi connectivity index (χ4n) is 6.90. The van der Waals surface area contributed by atoms with Crippen molar-refractivity contribution in [1.82, 2.24) is 9.88 Å². The molecular formula is C29H35N5O2. The molecular weight excluding hydrogens is 450 g/mol.